The molecule has 0 fully saturated rings. The summed E-state index contributed by atoms with van der Waals surface area (Å²) in [7, 11) is -0.408. The number of halogens is 2. The van der Waals surface area contributed by atoms with E-state index in [2.05, 4.69) is 5.32 Å². The molecule has 0 saturated carbocycles. The first-order chi connectivity index (χ1) is 16.7. The topological polar surface area (TPSA) is 95.9 Å². The van der Waals surface area contributed by atoms with Crippen LogP contribution in [0.5, 0.6) is 5.75 Å². The quantitative estimate of drug-likeness (QED) is 0.350. The molecule has 0 aliphatic heterocycles. The maximum Gasteiger partial charge on any atom is 0.259 e. The fraction of sp³-hybridized carbons (Fsp3) is 0.269. The van der Waals surface area contributed by atoms with Crippen molar-refractivity contribution in [3.8, 4) is 5.75 Å². The lowest BCUT2D eigenvalue weighted by molar-refractivity contribution is -0.130. The van der Waals surface area contributed by atoms with E-state index in [1.54, 1.807) is 56.6 Å². The Bertz CT molecular complexity index is 1230. The Morgan fingerprint density at radius 3 is 2.22 bits per heavy atom. The van der Waals surface area contributed by atoms with Gasteiger partial charge in [-0.25, -0.2) is 8.42 Å². The molecule has 3 aromatic rings. The SMILES string of the molecule is CN(C)C(=O)COc1ccc(S(=O)(=O)c2ccc(CCNC[C@H](O)c3cccc(Cl)c3)cc2)cc1.Cl. The number of benzene rings is 3. The van der Waals surface area contributed by atoms with Gasteiger partial charge in [0.1, 0.15) is 5.75 Å². The lowest BCUT2D eigenvalue weighted by Gasteiger charge is -2.13. The first-order valence-electron chi connectivity index (χ1n) is 11.1. The molecule has 0 heterocycles. The van der Waals surface area contributed by atoms with Gasteiger partial charge in [-0.1, -0.05) is 35.9 Å². The first kappa shape index (κ1) is 29.6. The number of amides is 1. The molecule has 0 bridgehead atoms. The summed E-state index contributed by atoms with van der Waals surface area (Å²) >= 11 is 5.96. The van der Waals surface area contributed by atoms with Gasteiger partial charge in [0.05, 0.1) is 15.9 Å². The summed E-state index contributed by atoms with van der Waals surface area (Å²) in [5.74, 6) is 0.233. The van der Waals surface area contributed by atoms with Crippen LogP contribution in [0.3, 0.4) is 0 Å². The van der Waals surface area contributed by atoms with Gasteiger partial charge in [-0.15, -0.1) is 12.4 Å². The third kappa shape index (κ3) is 8.21. The van der Waals surface area contributed by atoms with Gasteiger partial charge in [0.15, 0.2) is 6.61 Å². The third-order valence-electron chi connectivity index (χ3n) is 5.39. The molecule has 10 heteroatoms. The van der Waals surface area contributed by atoms with Crippen LogP contribution in [0.25, 0.3) is 0 Å². The van der Waals surface area contributed by atoms with Crippen LogP contribution in [-0.4, -0.2) is 58.1 Å². The van der Waals surface area contributed by atoms with E-state index in [1.807, 2.05) is 6.07 Å². The molecule has 1 amide bonds. The van der Waals surface area contributed by atoms with E-state index >= 15 is 0 Å². The second-order valence-electron chi connectivity index (χ2n) is 8.22. The molecule has 0 aliphatic rings. The number of nitrogens with one attached hydrogen (secondary N) is 1. The predicted octanol–water partition coefficient (Wildman–Crippen LogP) is 3.93. The zero-order valence-electron chi connectivity index (χ0n) is 20.1. The molecule has 0 radical (unpaired) electrons. The minimum Gasteiger partial charge on any atom is -0.484 e. The van der Waals surface area contributed by atoms with Crippen molar-refractivity contribution in [3.05, 3.63) is 88.9 Å². The predicted molar refractivity (Wildman–Crippen MR) is 143 cm³/mol. The second-order valence-corrected chi connectivity index (χ2v) is 10.6. The van der Waals surface area contributed by atoms with E-state index in [1.165, 1.54) is 29.2 Å². The summed E-state index contributed by atoms with van der Waals surface area (Å²) in [6, 6.07) is 19.9. The largest absolute Gasteiger partial charge is 0.484 e. The maximum absolute atomic E-state index is 13.0. The molecule has 0 unspecified atom stereocenters. The number of ether oxygens (including phenoxy) is 1. The number of hydrogen-bond acceptors (Lipinski definition) is 6. The van der Waals surface area contributed by atoms with Crippen molar-refractivity contribution in [1.82, 2.24) is 10.2 Å². The summed E-state index contributed by atoms with van der Waals surface area (Å²) in [5, 5.41) is 14.0. The van der Waals surface area contributed by atoms with Crippen molar-refractivity contribution in [1.29, 1.82) is 0 Å². The number of rotatable bonds is 11. The number of aliphatic hydroxyl groups excluding tert-OH is 1. The summed E-state index contributed by atoms with van der Waals surface area (Å²) in [5.41, 5.74) is 1.73. The van der Waals surface area contributed by atoms with Gasteiger partial charge >= 0.3 is 0 Å². The Hall–Kier alpha value is -2.62. The first-order valence-corrected chi connectivity index (χ1v) is 12.9. The Balaban J connectivity index is 0.00000456. The number of nitrogens with zero attached hydrogens (tertiary/aromatic N) is 1. The monoisotopic (exact) mass is 552 g/mol. The highest BCUT2D eigenvalue weighted by Gasteiger charge is 2.18. The molecule has 0 aliphatic carbocycles. The number of aliphatic hydroxyl groups is 1. The van der Waals surface area contributed by atoms with Crippen molar-refractivity contribution < 1.29 is 23.1 Å². The van der Waals surface area contributed by atoms with Crippen molar-refractivity contribution in [2.75, 3.05) is 33.8 Å². The zero-order chi connectivity index (χ0) is 25.4. The molecule has 36 heavy (non-hydrogen) atoms. The van der Waals surface area contributed by atoms with Crippen LogP contribution in [0.2, 0.25) is 5.02 Å². The van der Waals surface area contributed by atoms with Gasteiger partial charge in [-0.3, -0.25) is 4.79 Å². The Morgan fingerprint density at radius 1 is 1.03 bits per heavy atom. The minimum absolute atomic E-state index is 0. The summed E-state index contributed by atoms with van der Waals surface area (Å²) < 4.78 is 31.3. The zero-order valence-corrected chi connectivity index (χ0v) is 22.4. The van der Waals surface area contributed by atoms with Crippen LogP contribution in [0, 0.1) is 0 Å². The number of sulfone groups is 1. The highest BCUT2D eigenvalue weighted by molar-refractivity contribution is 7.91. The lowest BCUT2D eigenvalue weighted by Crippen LogP contribution is -2.27. The summed E-state index contributed by atoms with van der Waals surface area (Å²) in [6.07, 6.45) is 0.0202. The molecule has 1 atom stereocenters. The third-order valence-corrected chi connectivity index (χ3v) is 7.41. The van der Waals surface area contributed by atoms with E-state index in [4.69, 9.17) is 16.3 Å². The standard InChI is InChI=1S/C26H29ClN2O5S.ClH/c1-29(2)26(31)18-34-22-8-12-24(13-9-22)35(32,33)23-10-6-19(7-11-23)14-15-28-17-25(30)20-4-3-5-21(27)16-20;/h3-13,16,25,28,30H,14-15,17-18H2,1-2H3;1H/t25-;/m0./s1. The maximum atomic E-state index is 13.0. The molecule has 3 aromatic carbocycles. The summed E-state index contributed by atoms with van der Waals surface area (Å²) in [6.45, 7) is 0.895. The average Bonchev–Trinajstić information content (AvgIpc) is 2.85. The molecule has 7 nitrogen and oxygen atoms in total. The Morgan fingerprint density at radius 2 is 1.64 bits per heavy atom. The normalized spacial score (nSPS) is 11.9. The van der Waals surface area contributed by atoms with Gasteiger partial charge < -0.3 is 20.1 Å². The van der Waals surface area contributed by atoms with Crippen LogP contribution >= 0.6 is 24.0 Å². The van der Waals surface area contributed by atoms with Gasteiger partial charge in [0.2, 0.25) is 9.84 Å². The number of carbonyl (C=O) groups is 1. The van der Waals surface area contributed by atoms with Crippen LogP contribution in [0.1, 0.15) is 17.2 Å². The fourth-order valence-corrected chi connectivity index (χ4v) is 4.72. The molecule has 2 N–H and O–H groups in total. The number of carbonyl (C=O) groups excluding carboxylic acids is 1. The Kier molecular flexibility index (Phi) is 11.2. The molecule has 194 valence electrons. The van der Waals surface area contributed by atoms with E-state index in [0.29, 0.717) is 30.3 Å². The van der Waals surface area contributed by atoms with E-state index in [9.17, 15) is 18.3 Å². The lowest BCUT2D eigenvalue weighted by atomic mass is 10.1. The smallest absolute Gasteiger partial charge is 0.259 e. The number of likely N-dealkylation sites (N-methyl/N-ethyl adjacent to an activating group) is 1. The van der Waals surface area contributed by atoms with E-state index in [0.717, 1.165) is 11.1 Å². The molecule has 0 saturated heterocycles. The average molecular weight is 554 g/mol. The molecule has 0 spiro atoms. The molecular formula is C26H30Cl2N2O5S. The van der Waals surface area contributed by atoms with E-state index < -0.39 is 15.9 Å². The molecule has 3 rings (SSSR count). The fourth-order valence-electron chi connectivity index (χ4n) is 3.26. The number of hydrogen-bond donors (Lipinski definition) is 2. The van der Waals surface area contributed by atoms with Crippen LogP contribution in [0.15, 0.2) is 82.6 Å². The van der Waals surface area contributed by atoms with Gasteiger partial charge in [0, 0.05) is 25.7 Å². The van der Waals surface area contributed by atoms with Crippen LogP contribution in [-0.2, 0) is 21.1 Å². The molecular weight excluding hydrogens is 523 g/mol. The summed E-state index contributed by atoms with van der Waals surface area (Å²) in [4.78, 5) is 13.4. The second kappa shape index (κ2) is 13.6. The minimum atomic E-state index is -3.68. The highest BCUT2D eigenvalue weighted by Crippen LogP contribution is 2.24. The van der Waals surface area contributed by atoms with Gasteiger partial charge in [0.25, 0.3) is 5.91 Å². The van der Waals surface area contributed by atoms with Gasteiger partial charge in [-0.2, -0.15) is 0 Å². The van der Waals surface area contributed by atoms with Crippen molar-refractivity contribution >= 4 is 39.8 Å². The highest BCUT2D eigenvalue weighted by atomic mass is 35.5. The van der Waals surface area contributed by atoms with Crippen LogP contribution < -0.4 is 10.1 Å². The van der Waals surface area contributed by atoms with Crippen LogP contribution in [0.4, 0.5) is 0 Å². The molecule has 0 aromatic heterocycles. The van der Waals surface area contributed by atoms with Crippen molar-refractivity contribution in [3.63, 3.8) is 0 Å². The van der Waals surface area contributed by atoms with Crippen molar-refractivity contribution in [2.24, 2.45) is 0 Å². The van der Waals surface area contributed by atoms with Gasteiger partial charge in [-0.05, 0) is 72.6 Å². The van der Waals surface area contributed by atoms with Crippen molar-refractivity contribution in [2.45, 2.75) is 22.3 Å². The van der Waals surface area contributed by atoms with E-state index in [-0.39, 0.29) is 34.7 Å². The Labute approximate surface area is 223 Å².